The summed E-state index contributed by atoms with van der Waals surface area (Å²) in [5, 5.41) is 3.42. The van der Waals surface area contributed by atoms with Gasteiger partial charge in [0.15, 0.2) is 0 Å². The van der Waals surface area contributed by atoms with Crippen molar-refractivity contribution in [1.29, 1.82) is 0 Å². The van der Waals surface area contributed by atoms with Gasteiger partial charge in [0.1, 0.15) is 12.4 Å². The molecule has 1 N–H and O–H groups in total. The highest BCUT2D eigenvalue weighted by molar-refractivity contribution is 5.58. The molecular weight excluding hydrogens is 260 g/mol. The van der Waals surface area contributed by atoms with E-state index < -0.39 is 0 Å². The van der Waals surface area contributed by atoms with Crippen molar-refractivity contribution in [3.8, 4) is 5.75 Å². The van der Waals surface area contributed by atoms with Gasteiger partial charge in [0.25, 0.3) is 0 Å². The van der Waals surface area contributed by atoms with E-state index in [2.05, 4.69) is 49.2 Å². The van der Waals surface area contributed by atoms with Crippen LogP contribution in [0.1, 0.15) is 45.6 Å². The number of hydrogen-bond donors (Lipinski definition) is 1. The second-order valence-corrected chi connectivity index (χ2v) is 7.03. The minimum Gasteiger partial charge on any atom is -0.492 e. The lowest BCUT2D eigenvalue weighted by Crippen LogP contribution is -2.56. The molecule has 3 heteroatoms. The van der Waals surface area contributed by atoms with E-state index >= 15 is 0 Å². The molecule has 3 rings (SSSR count). The number of anilines is 1. The van der Waals surface area contributed by atoms with Crippen molar-refractivity contribution in [2.45, 2.75) is 58.0 Å². The molecule has 1 atom stereocenters. The highest BCUT2D eigenvalue weighted by atomic mass is 16.5. The van der Waals surface area contributed by atoms with Gasteiger partial charge in [-0.2, -0.15) is 0 Å². The first-order valence-electron chi connectivity index (χ1n) is 8.35. The summed E-state index contributed by atoms with van der Waals surface area (Å²) in [4.78, 5) is 2.61. The molecule has 1 aromatic carbocycles. The van der Waals surface area contributed by atoms with Gasteiger partial charge in [-0.15, -0.1) is 0 Å². The first kappa shape index (κ1) is 14.7. The van der Waals surface area contributed by atoms with Gasteiger partial charge in [-0.1, -0.05) is 12.5 Å². The largest absolute Gasteiger partial charge is 0.492 e. The maximum absolute atomic E-state index is 6.17. The Morgan fingerprint density at radius 3 is 3.00 bits per heavy atom. The van der Waals surface area contributed by atoms with Crippen LogP contribution in [0.25, 0.3) is 0 Å². The Hall–Kier alpha value is -1.22. The number of piperidine rings is 1. The van der Waals surface area contributed by atoms with E-state index in [4.69, 9.17) is 4.74 Å². The summed E-state index contributed by atoms with van der Waals surface area (Å²) in [6, 6.07) is 7.07. The Labute approximate surface area is 128 Å². The Morgan fingerprint density at radius 2 is 2.19 bits per heavy atom. The molecule has 1 unspecified atom stereocenters. The average molecular weight is 288 g/mol. The Bertz CT molecular complexity index is 500. The molecule has 2 heterocycles. The van der Waals surface area contributed by atoms with Crippen molar-refractivity contribution < 1.29 is 4.74 Å². The van der Waals surface area contributed by atoms with Crippen molar-refractivity contribution in [2.75, 3.05) is 25.0 Å². The number of ether oxygens (including phenoxy) is 1. The van der Waals surface area contributed by atoms with Crippen LogP contribution in [-0.2, 0) is 6.42 Å². The number of nitrogens with zero attached hydrogens (tertiary/aromatic N) is 1. The lowest BCUT2D eigenvalue weighted by molar-refractivity contribution is -0.00141. The first-order chi connectivity index (χ1) is 10.1. The molecule has 0 saturated carbocycles. The van der Waals surface area contributed by atoms with E-state index in [-0.39, 0.29) is 5.54 Å². The summed E-state index contributed by atoms with van der Waals surface area (Å²) in [6.07, 6.45) is 4.99. The van der Waals surface area contributed by atoms with Crippen LogP contribution in [0, 0.1) is 0 Å². The fourth-order valence-electron chi connectivity index (χ4n) is 3.84. The fourth-order valence-corrected chi connectivity index (χ4v) is 3.84. The molecular formula is C18H28N2O. The Morgan fingerprint density at radius 1 is 1.33 bits per heavy atom. The smallest absolute Gasteiger partial charge is 0.121 e. The SMILES string of the molecule is CC(C)N1CCCCC1(C)COc1ccc2c(c1)NCC2. The molecule has 2 aliphatic heterocycles. The second-order valence-electron chi connectivity index (χ2n) is 7.03. The second kappa shape index (κ2) is 5.88. The lowest BCUT2D eigenvalue weighted by Gasteiger charge is -2.47. The molecule has 0 spiro atoms. The molecule has 0 radical (unpaired) electrons. The zero-order chi connectivity index (χ0) is 14.9. The summed E-state index contributed by atoms with van der Waals surface area (Å²) < 4.78 is 6.17. The molecule has 2 aliphatic rings. The zero-order valence-electron chi connectivity index (χ0n) is 13.6. The normalized spacial score (nSPS) is 25.7. The number of rotatable bonds is 4. The van der Waals surface area contributed by atoms with E-state index in [0.29, 0.717) is 6.04 Å². The van der Waals surface area contributed by atoms with Gasteiger partial charge in [0.2, 0.25) is 0 Å². The highest BCUT2D eigenvalue weighted by Crippen LogP contribution is 2.32. The van der Waals surface area contributed by atoms with Crippen LogP contribution < -0.4 is 10.1 Å². The standard InChI is InChI=1S/C18H28N2O/c1-14(2)20-11-5-4-9-18(20,3)13-21-16-7-6-15-8-10-19-17(15)12-16/h6-7,12,14,19H,4-5,8-11,13H2,1-3H3. The number of fused-ring (bicyclic) bond motifs is 1. The van der Waals surface area contributed by atoms with E-state index in [1.807, 2.05) is 0 Å². The predicted octanol–water partition coefficient (Wildman–Crippen LogP) is 3.69. The van der Waals surface area contributed by atoms with Crippen molar-refractivity contribution in [3.05, 3.63) is 23.8 Å². The van der Waals surface area contributed by atoms with Gasteiger partial charge >= 0.3 is 0 Å². The van der Waals surface area contributed by atoms with Crippen LogP contribution in [-0.4, -0.2) is 36.2 Å². The summed E-state index contributed by atoms with van der Waals surface area (Å²) in [5.41, 5.74) is 2.83. The Balaban J connectivity index is 1.68. The predicted molar refractivity (Wildman–Crippen MR) is 88.2 cm³/mol. The van der Waals surface area contributed by atoms with Gasteiger partial charge in [-0.25, -0.2) is 0 Å². The summed E-state index contributed by atoms with van der Waals surface area (Å²) in [5.74, 6) is 0.999. The number of benzene rings is 1. The Kier molecular flexibility index (Phi) is 4.12. The number of likely N-dealkylation sites (tertiary alicyclic amines) is 1. The van der Waals surface area contributed by atoms with Crippen LogP contribution >= 0.6 is 0 Å². The third-order valence-corrected chi connectivity index (χ3v) is 5.02. The van der Waals surface area contributed by atoms with Gasteiger partial charge in [0, 0.05) is 24.3 Å². The molecule has 21 heavy (non-hydrogen) atoms. The third-order valence-electron chi connectivity index (χ3n) is 5.02. The summed E-state index contributed by atoms with van der Waals surface area (Å²) in [6.45, 7) is 9.98. The van der Waals surface area contributed by atoms with Crippen molar-refractivity contribution in [1.82, 2.24) is 4.90 Å². The lowest BCUT2D eigenvalue weighted by atomic mass is 9.88. The molecule has 1 saturated heterocycles. The quantitative estimate of drug-likeness (QED) is 0.914. The molecule has 1 fully saturated rings. The van der Waals surface area contributed by atoms with Gasteiger partial charge in [-0.05, 0) is 58.2 Å². The molecule has 0 aliphatic carbocycles. The van der Waals surface area contributed by atoms with Crippen LogP contribution in [0.5, 0.6) is 5.75 Å². The molecule has 3 nitrogen and oxygen atoms in total. The summed E-state index contributed by atoms with van der Waals surface area (Å²) in [7, 11) is 0. The number of hydrogen-bond acceptors (Lipinski definition) is 3. The minimum atomic E-state index is 0.166. The topological polar surface area (TPSA) is 24.5 Å². The van der Waals surface area contributed by atoms with E-state index in [1.54, 1.807) is 0 Å². The first-order valence-corrected chi connectivity index (χ1v) is 8.35. The van der Waals surface area contributed by atoms with E-state index in [1.165, 1.54) is 37.1 Å². The number of nitrogens with one attached hydrogen (secondary N) is 1. The molecule has 0 amide bonds. The summed E-state index contributed by atoms with van der Waals surface area (Å²) >= 11 is 0. The van der Waals surface area contributed by atoms with E-state index in [0.717, 1.165) is 25.3 Å². The van der Waals surface area contributed by atoms with E-state index in [9.17, 15) is 0 Å². The van der Waals surface area contributed by atoms with Gasteiger partial charge in [-0.3, -0.25) is 4.90 Å². The third kappa shape index (κ3) is 3.03. The zero-order valence-corrected chi connectivity index (χ0v) is 13.6. The monoisotopic (exact) mass is 288 g/mol. The molecule has 0 aromatic heterocycles. The van der Waals surface area contributed by atoms with Crippen LogP contribution in [0.15, 0.2) is 18.2 Å². The average Bonchev–Trinajstić information content (AvgIpc) is 2.93. The van der Waals surface area contributed by atoms with Gasteiger partial charge in [0.05, 0.1) is 5.54 Å². The van der Waals surface area contributed by atoms with Crippen LogP contribution in [0.3, 0.4) is 0 Å². The fraction of sp³-hybridized carbons (Fsp3) is 0.667. The van der Waals surface area contributed by atoms with Crippen molar-refractivity contribution in [3.63, 3.8) is 0 Å². The molecule has 1 aromatic rings. The van der Waals surface area contributed by atoms with Gasteiger partial charge < -0.3 is 10.1 Å². The minimum absolute atomic E-state index is 0.166. The highest BCUT2D eigenvalue weighted by Gasteiger charge is 2.36. The maximum atomic E-state index is 6.17. The van der Waals surface area contributed by atoms with Crippen molar-refractivity contribution >= 4 is 5.69 Å². The van der Waals surface area contributed by atoms with Crippen molar-refractivity contribution in [2.24, 2.45) is 0 Å². The molecule has 0 bridgehead atoms. The van der Waals surface area contributed by atoms with Crippen LogP contribution in [0.4, 0.5) is 5.69 Å². The molecule has 116 valence electrons. The van der Waals surface area contributed by atoms with Crippen LogP contribution in [0.2, 0.25) is 0 Å². The maximum Gasteiger partial charge on any atom is 0.121 e.